The fourth-order valence-corrected chi connectivity index (χ4v) is 4.24. The van der Waals surface area contributed by atoms with Crippen molar-refractivity contribution in [1.29, 1.82) is 0 Å². The third-order valence-electron chi connectivity index (χ3n) is 5.97. The van der Waals surface area contributed by atoms with Crippen molar-refractivity contribution in [3.8, 4) is 0 Å². The Balaban J connectivity index is 0.00000196. The van der Waals surface area contributed by atoms with Crippen molar-refractivity contribution in [1.82, 2.24) is 10.2 Å². The van der Waals surface area contributed by atoms with E-state index >= 15 is 0 Å². The van der Waals surface area contributed by atoms with Crippen molar-refractivity contribution in [2.24, 2.45) is 22.7 Å². The highest BCUT2D eigenvalue weighted by Gasteiger charge is 2.54. The summed E-state index contributed by atoms with van der Waals surface area (Å²) in [6.07, 6.45) is 3.96. The first kappa shape index (κ1) is 19.9. The highest BCUT2D eigenvalue weighted by atomic mass is 127. The maximum absolute atomic E-state index is 5.77. The number of benzene rings is 1. The van der Waals surface area contributed by atoms with Gasteiger partial charge in [-0.1, -0.05) is 24.3 Å². The first-order valence-corrected chi connectivity index (χ1v) is 9.93. The van der Waals surface area contributed by atoms with E-state index in [-0.39, 0.29) is 24.0 Å². The molecule has 26 heavy (non-hydrogen) atoms. The zero-order valence-corrected chi connectivity index (χ0v) is 18.3. The number of hydrogen-bond donors (Lipinski definition) is 1. The van der Waals surface area contributed by atoms with Crippen molar-refractivity contribution in [2.75, 3.05) is 39.9 Å². The minimum absolute atomic E-state index is 0. The largest absolute Gasteiger partial charge is 0.379 e. The second-order valence-electron chi connectivity index (χ2n) is 7.89. The van der Waals surface area contributed by atoms with Crippen LogP contribution >= 0.6 is 24.0 Å². The first-order valence-electron chi connectivity index (χ1n) is 9.93. The molecule has 0 bridgehead atoms. The number of rotatable bonds is 8. The van der Waals surface area contributed by atoms with Crippen LogP contribution in [0.3, 0.4) is 0 Å². The van der Waals surface area contributed by atoms with Gasteiger partial charge in [0.05, 0.1) is 6.61 Å². The lowest BCUT2D eigenvalue weighted by Crippen LogP contribution is -2.40. The van der Waals surface area contributed by atoms with E-state index in [1.807, 2.05) is 0 Å². The van der Waals surface area contributed by atoms with Crippen LogP contribution < -0.4 is 5.32 Å². The molecule has 1 aromatic carbocycles. The van der Waals surface area contributed by atoms with Crippen molar-refractivity contribution in [3.63, 3.8) is 0 Å². The molecule has 144 valence electrons. The van der Waals surface area contributed by atoms with E-state index in [1.54, 1.807) is 11.1 Å². The molecule has 0 spiro atoms. The highest BCUT2D eigenvalue weighted by Crippen LogP contribution is 2.61. The van der Waals surface area contributed by atoms with Gasteiger partial charge in [-0.3, -0.25) is 4.99 Å². The second-order valence-corrected chi connectivity index (χ2v) is 7.89. The fraction of sp³-hybridized carbons (Fsp3) is 0.667. The van der Waals surface area contributed by atoms with Crippen LogP contribution in [0.1, 0.15) is 36.8 Å². The number of halogens is 1. The topological polar surface area (TPSA) is 36.9 Å². The quantitative estimate of drug-likeness (QED) is 0.274. The molecule has 3 atom stereocenters. The van der Waals surface area contributed by atoms with E-state index in [0.29, 0.717) is 0 Å². The summed E-state index contributed by atoms with van der Waals surface area (Å²) in [5.74, 6) is 4.19. The molecule has 5 heteroatoms. The van der Waals surface area contributed by atoms with Gasteiger partial charge in [0.2, 0.25) is 0 Å². The molecule has 0 radical (unpaired) electrons. The molecule has 0 aromatic heterocycles. The molecule has 3 aliphatic rings. The van der Waals surface area contributed by atoms with Crippen molar-refractivity contribution < 1.29 is 4.74 Å². The number of aliphatic imine (C=N–C) groups is 1. The van der Waals surface area contributed by atoms with Gasteiger partial charge in [-0.15, -0.1) is 24.0 Å². The number of likely N-dealkylation sites (N-methyl/N-ethyl adjacent to an activating group) is 1. The smallest absolute Gasteiger partial charge is 0.193 e. The molecule has 1 N–H and O–H groups in total. The third-order valence-corrected chi connectivity index (χ3v) is 5.97. The number of guanidine groups is 1. The molecular weight excluding hydrogens is 437 g/mol. The predicted octanol–water partition coefficient (Wildman–Crippen LogP) is 3.51. The summed E-state index contributed by atoms with van der Waals surface area (Å²) in [6.45, 7) is 6.62. The molecule has 1 aromatic rings. The molecule has 0 amide bonds. The van der Waals surface area contributed by atoms with Gasteiger partial charge < -0.3 is 15.0 Å². The highest BCUT2D eigenvalue weighted by molar-refractivity contribution is 14.0. The number of fused-ring (bicyclic) bond motifs is 3. The maximum atomic E-state index is 5.77. The van der Waals surface area contributed by atoms with Crippen molar-refractivity contribution in [3.05, 3.63) is 35.4 Å². The average molecular weight is 469 g/mol. The van der Waals surface area contributed by atoms with Crippen LogP contribution in [0, 0.1) is 17.8 Å². The summed E-state index contributed by atoms with van der Waals surface area (Å²) in [5.41, 5.74) is 3.15. The van der Waals surface area contributed by atoms with Crippen molar-refractivity contribution in [2.45, 2.75) is 32.1 Å². The summed E-state index contributed by atoms with van der Waals surface area (Å²) >= 11 is 0. The van der Waals surface area contributed by atoms with Gasteiger partial charge in [-0.25, -0.2) is 0 Å². The lowest BCUT2D eigenvalue weighted by Gasteiger charge is -2.22. The van der Waals surface area contributed by atoms with E-state index in [4.69, 9.17) is 9.73 Å². The normalized spacial score (nSPS) is 25.9. The van der Waals surface area contributed by atoms with E-state index in [0.717, 1.165) is 62.5 Å². The van der Waals surface area contributed by atoms with Gasteiger partial charge >= 0.3 is 0 Å². The Bertz CT molecular complexity index is 631. The molecule has 3 aliphatic carbocycles. The zero-order chi connectivity index (χ0) is 17.2. The van der Waals surface area contributed by atoms with Crippen LogP contribution in [-0.2, 0) is 11.2 Å². The third kappa shape index (κ3) is 4.53. The molecule has 0 heterocycles. The molecule has 4 nitrogen and oxygen atoms in total. The average Bonchev–Trinajstić information content (AvgIpc) is 3.53. The summed E-state index contributed by atoms with van der Waals surface area (Å²) in [6, 6.07) is 8.96. The van der Waals surface area contributed by atoms with Crippen molar-refractivity contribution >= 4 is 29.9 Å². The second kappa shape index (κ2) is 8.91. The Morgan fingerprint density at radius 1 is 1.31 bits per heavy atom. The van der Waals surface area contributed by atoms with Crippen LogP contribution in [0.15, 0.2) is 29.3 Å². The summed E-state index contributed by atoms with van der Waals surface area (Å²) in [4.78, 5) is 7.14. The molecule has 3 unspecified atom stereocenters. The van der Waals surface area contributed by atoms with E-state index in [1.165, 1.54) is 19.3 Å². The minimum atomic E-state index is 0. The van der Waals surface area contributed by atoms with Crippen LogP contribution in [0.2, 0.25) is 0 Å². The van der Waals surface area contributed by atoms with Gasteiger partial charge in [0, 0.05) is 33.3 Å². The number of nitrogens with one attached hydrogen (secondary N) is 1. The molecule has 2 saturated carbocycles. The molecule has 0 saturated heterocycles. The van der Waals surface area contributed by atoms with Gasteiger partial charge in [-0.05, 0) is 61.0 Å². The van der Waals surface area contributed by atoms with E-state index in [2.05, 4.69) is 48.5 Å². The van der Waals surface area contributed by atoms with Gasteiger partial charge in [0.15, 0.2) is 5.96 Å². The SMILES string of the molecule is CCNC(=NCC1C2Cc3ccccc3C12)N(C)CCOCC1CC1.I. The monoisotopic (exact) mass is 469 g/mol. The summed E-state index contributed by atoms with van der Waals surface area (Å²) < 4.78 is 5.77. The predicted molar refractivity (Wildman–Crippen MR) is 117 cm³/mol. The van der Waals surface area contributed by atoms with E-state index < -0.39 is 0 Å². The van der Waals surface area contributed by atoms with Gasteiger partial charge in [-0.2, -0.15) is 0 Å². The zero-order valence-electron chi connectivity index (χ0n) is 16.0. The lowest BCUT2D eigenvalue weighted by atomic mass is 10.0. The van der Waals surface area contributed by atoms with Crippen LogP contribution in [-0.4, -0.2) is 50.8 Å². The molecular formula is C21H32IN3O. The van der Waals surface area contributed by atoms with Crippen LogP contribution in [0.25, 0.3) is 0 Å². The lowest BCUT2D eigenvalue weighted by molar-refractivity contribution is 0.115. The van der Waals surface area contributed by atoms with Crippen LogP contribution in [0.4, 0.5) is 0 Å². The number of ether oxygens (including phenoxy) is 1. The summed E-state index contributed by atoms with van der Waals surface area (Å²) in [5, 5.41) is 3.43. The Labute approximate surface area is 174 Å². The minimum Gasteiger partial charge on any atom is -0.379 e. The van der Waals surface area contributed by atoms with Gasteiger partial charge in [0.25, 0.3) is 0 Å². The molecule has 2 fully saturated rings. The number of hydrogen-bond acceptors (Lipinski definition) is 2. The maximum Gasteiger partial charge on any atom is 0.193 e. The van der Waals surface area contributed by atoms with Crippen LogP contribution in [0.5, 0.6) is 0 Å². The molecule has 0 aliphatic heterocycles. The molecule has 4 rings (SSSR count). The Morgan fingerprint density at radius 2 is 2.12 bits per heavy atom. The Morgan fingerprint density at radius 3 is 2.88 bits per heavy atom. The van der Waals surface area contributed by atoms with Gasteiger partial charge in [0.1, 0.15) is 0 Å². The standard InChI is InChI=1S/C21H31N3O.HI/c1-3-22-21(24(2)10-11-25-14-15-8-9-15)23-13-19-18-12-16-6-4-5-7-17(16)20(18)19;/h4-7,15,18-20H,3,8-14H2,1-2H3,(H,22,23);1H. The summed E-state index contributed by atoms with van der Waals surface area (Å²) in [7, 11) is 2.12. The number of nitrogens with zero attached hydrogens (tertiary/aromatic N) is 2. The van der Waals surface area contributed by atoms with E-state index in [9.17, 15) is 0 Å². The Hall–Kier alpha value is -0.820. The Kier molecular flexibility index (Phi) is 6.83. The first-order chi connectivity index (χ1) is 12.3. The fourth-order valence-electron chi connectivity index (χ4n) is 4.24.